The van der Waals surface area contributed by atoms with E-state index < -0.39 is 5.97 Å². The van der Waals surface area contributed by atoms with Gasteiger partial charge in [0.2, 0.25) is 0 Å². The van der Waals surface area contributed by atoms with Gasteiger partial charge < -0.3 is 5.11 Å². The molecule has 0 saturated carbocycles. The van der Waals surface area contributed by atoms with E-state index in [-0.39, 0.29) is 5.92 Å². The summed E-state index contributed by atoms with van der Waals surface area (Å²) in [6, 6.07) is 0. The predicted molar refractivity (Wildman–Crippen MR) is 110 cm³/mol. The van der Waals surface area contributed by atoms with Crippen molar-refractivity contribution in [3.63, 3.8) is 0 Å². The summed E-state index contributed by atoms with van der Waals surface area (Å²) in [6.07, 6.45) is 20.8. The summed E-state index contributed by atoms with van der Waals surface area (Å²) in [5, 5.41) is 9.63. The van der Waals surface area contributed by atoms with E-state index in [9.17, 15) is 9.90 Å². The Morgan fingerprint density at radius 3 is 1.64 bits per heavy atom. The van der Waals surface area contributed by atoms with Crippen LogP contribution in [0.2, 0.25) is 0 Å². The van der Waals surface area contributed by atoms with Gasteiger partial charge in [0.25, 0.3) is 0 Å². The average molecular weight is 355 g/mol. The standard InChI is InChI=1S/C23H46O2/c1-4-7-10-12-13-14-16-19-22(23(24)25)20-21(17-9-6-3)18-15-11-8-5-2/h21-22H,4-20H2,1-3H3,(H,24,25). The number of carboxylic acid groups (broad SMARTS) is 1. The first-order valence-electron chi connectivity index (χ1n) is 11.4. The van der Waals surface area contributed by atoms with Crippen molar-refractivity contribution in [1.29, 1.82) is 0 Å². The van der Waals surface area contributed by atoms with Crippen molar-refractivity contribution in [3.8, 4) is 0 Å². The molecule has 0 aliphatic carbocycles. The van der Waals surface area contributed by atoms with Crippen LogP contribution in [0.15, 0.2) is 0 Å². The molecule has 0 bridgehead atoms. The van der Waals surface area contributed by atoms with Gasteiger partial charge in [-0.15, -0.1) is 0 Å². The molecule has 1 N–H and O–H groups in total. The van der Waals surface area contributed by atoms with E-state index in [2.05, 4.69) is 20.8 Å². The van der Waals surface area contributed by atoms with Gasteiger partial charge in [0, 0.05) is 0 Å². The summed E-state index contributed by atoms with van der Waals surface area (Å²) >= 11 is 0. The third-order valence-corrected chi connectivity index (χ3v) is 5.56. The zero-order valence-electron chi connectivity index (χ0n) is 17.5. The van der Waals surface area contributed by atoms with Gasteiger partial charge in [0.1, 0.15) is 0 Å². The van der Waals surface area contributed by atoms with Crippen LogP contribution in [0.25, 0.3) is 0 Å². The molecule has 0 amide bonds. The fraction of sp³-hybridized carbons (Fsp3) is 0.957. The highest BCUT2D eigenvalue weighted by molar-refractivity contribution is 5.69. The monoisotopic (exact) mass is 354 g/mol. The number of carboxylic acids is 1. The van der Waals surface area contributed by atoms with E-state index in [1.807, 2.05) is 0 Å². The first kappa shape index (κ1) is 24.5. The summed E-state index contributed by atoms with van der Waals surface area (Å²) < 4.78 is 0. The van der Waals surface area contributed by atoms with E-state index in [4.69, 9.17) is 0 Å². The highest BCUT2D eigenvalue weighted by atomic mass is 16.4. The molecule has 0 heterocycles. The van der Waals surface area contributed by atoms with Crippen molar-refractivity contribution in [3.05, 3.63) is 0 Å². The summed E-state index contributed by atoms with van der Waals surface area (Å²) in [6.45, 7) is 6.73. The summed E-state index contributed by atoms with van der Waals surface area (Å²) in [5.74, 6) is -0.0350. The maximum Gasteiger partial charge on any atom is 0.306 e. The maximum absolute atomic E-state index is 11.7. The first-order valence-corrected chi connectivity index (χ1v) is 11.4. The minimum Gasteiger partial charge on any atom is -0.481 e. The summed E-state index contributed by atoms with van der Waals surface area (Å²) in [4.78, 5) is 11.7. The van der Waals surface area contributed by atoms with Gasteiger partial charge in [-0.05, 0) is 18.8 Å². The van der Waals surface area contributed by atoms with E-state index >= 15 is 0 Å². The third kappa shape index (κ3) is 15.4. The van der Waals surface area contributed by atoms with Crippen molar-refractivity contribution in [1.82, 2.24) is 0 Å². The van der Waals surface area contributed by atoms with Gasteiger partial charge in [-0.3, -0.25) is 4.79 Å². The molecule has 0 radical (unpaired) electrons. The Hall–Kier alpha value is -0.530. The van der Waals surface area contributed by atoms with Crippen LogP contribution in [0.1, 0.15) is 130 Å². The summed E-state index contributed by atoms with van der Waals surface area (Å²) in [5.41, 5.74) is 0. The quantitative estimate of drug-likeness (QED) is 0.239. The molecule has 0 aromatic rings. The second-order valence-corrected chi connectivity index (χ2v) is 8.04. The van der Waals surface area contributed by atoms with Crippen molar-refractivity contribution in [2.45, 2.75) is 130 Å². The minimum atomic E-state index is -0.555. The highest BCUT2D eigenvalue weighted by Crippen LogP contribution is 2.27. The number of carbonyl (C=O) groups is 1. The van der Waals surface area contributed by atoms with E-state index in [1.165, 1.54) is 89.9 Å². The topological polar surface area (TPSA) is 37.3 Å². The molecule has 0 aromatic heterocycles. The van der Waals surface area contributed by atoms with Gasteiger partial charge in [-0.25, -0.2) is 0 Å². The van der Waals surface area contributed by atoms with Crippen molar-refractivity contribution < 1.29 is 9.90 Å². The van der Waals surface area contributed by atoms with Crippen LogP contribution >= 0.6 is 0 Å². The Balaban J connectivity index is 4.14. The molecular formula is C23H46O2. The Bertz CT molecular complexity index is 288. The lowest BCUT2D eigenvalue weighted by Gasteiger charge is -2.21. The van der Waals surface area contributed by atoms with Crippen molar-refractivity contribution in [2.75, 3.05) is 0 Å². The van der Waals surface area contributed by atoms with Crippen LogP contribution in [0.5, 0.6) is 0 Å². The Labute approximate surface area is 158 Å². The van der Waals surface area contributed by atoms with E-state index in [0.29, 0.717) is 5.92 Å². The molecule has 2 heteroatoms. The minimum absolute atomic E-state index is 0.108. The molecule has 0 spiro atoms. The van der Waals surface area contributed by atoms with Crippen molar-refractivity contribution >= 4 is 5.97 Å². The SMILES string of the molecule is CCCCCCCCCC(CC(CCCC)CCCCCC)C(=O)O. The lowest BCUT2D eigenvalue weighted by Crippen LogP contribution is -2.18. The molecule has 0 aliphatic rings. The third-order valence-electron chi connectivity index (χ3n) is 5.56. The van der Waals surface area contributed by atoms with E-state index in [0.717, 1.165) is 19.3 Å². The highest BCUT2D eigenvalue weighted by Gasteiger charge is 2.21. The van der Waals surface area contributed by atoms with Crippen LogP contribution < -0.4 is 0 Å². The fourth-order valence-corrected chi connectivity index (χ4v) is 3.82. The first-order chi connectivity index (χ1) is 12.2. The molecule has 2 nitrogen and oxygen atoms in total. The van der Waals surface area contributed by atoms with Crippen molar-refractivity contribution in [2.24, 2.45) is 11.8 Å². The van der Waals surface area contributed by atoms with Gasteiger partial charge >= 0.3 is 5.97 Å². The zero-order valence-corrected chi connectivity index (χ0v) is 17.5. The lowest BCUT2D eigenvalue weighted by atomic mass is 9.84. The molecule has 0 rings (SSSR count). The largest absolute Gasteiger partial charge is 0.481 e. The second-order valence-electron chi connectivity index (χ2n) is 8.04. The fourth-order valence-electron chi connectivity index (χ4n) is 3.82. The smallest absolute Gasteiger partial charge is 0.306 e. The molecule has 25 heavy (non-hydrogen) atoms. The van der Waals surface area contributed by atoms with Crippen LogP contribution in [-0.2, 0) is 4.79 Å². The van der Waals surface area contributed by atoms with Gasteiger partial charge in [0.05, 0.1) is 5.92 Å². The van der Waals surface area contributed by atoms with Crippen LogP contribution in [-0.4, -0.2) is 11.1 Å². The predicted octanol–water partition coefficient (Wildman–Crippen LogP) is 7.99. The Morgan fingerprint density at radius 2 is 1.08 bits per heavy atom. The van der Waals surface area contributed by atoms with Crippen LogP contribution in [0.3, 0.4) is 0 Å². The number of hydrogen-bond donors (Lipinski definition) is 1. The maximum atomic E-state index is 11.7. The summed E-state index contributed by atoms with van der Waals surface area (Å²) in [7, 11) is 0. The molecule has 2 atom stereocenters. The number of rotatable bonds is 19. The van der Waals surface area contributed by atoms with Gasteiger partial charge in [-0.1, -0.05) is 117 Å². The molecule has 0 aromatic carbocycles. The number of unbranched alkanes of at least 4 members (excludes halogenated alkanes) is 10. The molecule has 0 fully saturated rings. The zero-order chi connectivity index (χ0) is 18.8. The number of hydrogen-bond acceptors (Lipinski definition) is 1. The Kier molecular flexibility index (Phi) is 17.9. The van der Waals surface area contributed by atoms with Gasteiger partial charge in [0.15, 0.2) is 0 Å². The second kappa shape index (κ2) is 18.3. The van der Waals surface area contributed by atoms with Gasteiger partial charge in [-0.2, -0.15) is 0 Å². The van der Waals surface area contributed by atoms with E-state index in [1.54, 1.807) is 0 Å². The van der Waals surface area contributed by atoms with Crippen LogP contribution in [0.4, 0.5) is 0 Å². The number of aliphatic carboxylic acids is 1. The lowest BCUT2D eigenvalue weighted by molar-refractivity contribution is -0.142. The Morgan fingerprint density at radius 1 is 0.640 bits per heavy atom. The molecular weight excluding hydrogens is 308 g/mol. The van der Waals surface area contributed by atoms with Crippen LogP contribution in [0, 0.1) is 11.8 Å². The normalized spacial score (nSPS) is 13.7. The molecule has 150 valence electrons. The molecule has 0 saturated heterocycles. The average Bonchev–Trinajstić information content (AvgIpc) is 2.60. The molecule has 2 unspecified atom stereocenters. The molecule has 0 aliphatic heterocycles.